The summed E-state index contributed by atoms with van der Waals surface area (Å²) < 4.78 is 0. The predicted molar refractivity (Wildman–Crippen MR) is 68.2 cm³/mol. The lowest BCUT2D eigenvalue weighted by Crippen LogP contribution is -2.46. The van der Waals surface area contributed by atoms with Crippen molar-refractivity contribution in [3.63, 3.8) is 0 Å². The van der Waals surface area contributed by atoms with Crippen molar-refractivity contribution in [3.05, 3.63) is 12.2 Å². The van der Waals surface area contributed by atoms with Gasteiger partial charge in [-0.05, 0) is 73.9 Å². The van der Waals surface area contributed by atoms with Crippen LogP contribution in [0.4, 0.5) is 0 Å². The molecule has 4 bridgehead atoms. The van der Waals surface area contributed by atoms with Crippen LogP contribution in [0.5, 0.6) is 0 Å². The van der Waals surface area contributed by atoms with Gasteiger partial charge in [-0.25, -0.2) is 0 Å². The fourth-order valence-electron chi connectivity index (χ4n) is 4.94. The summed E-state index contributed by atoms with van der Waals surface area (Å²) in [6.45, 7) is 4.39. The molecule has 0 saturated heterocycles. The summed E-state index contributed by atoms with van der Waals surface area (Å²) in [5.41, 5.74) is 2.11. The van der Waals surface area contributed by atoms with E-state index in [2.05, 4.69) is 19.2 Å². The van der Waals surface area contributed by atoms with Crippen LogP contribution in [-0.4, -0.2) is 5.75 Å². The van der Waals surface area contributed by atoms with Crippen LogP contribution in [0.2, 0.25) is 0 Å². The lowest BCUT2D eigenvalue weighted by molar-refractivity contribution is -0.0314. The number of thiol groups is 1. The normalized spacial score (nSPS) is 47.1. The number of hydrogen-bond donors (Lipinski definition) is 1. The highest BCUT2D eigenvalue weighted by atomic mass is 32.1. The van der Waals surface area contributed by atoms with Crippen molar-refractivity contribution in [3.8, 4) is 0 Å². The van der Waals surface area contributed by atoms with E-state index in [0.717, 1.165) is 29.9 Å². The third-order valence-electron chi connectivity index (χ3n) is 5.20. The first kappa shape index (κ1) is 10.3. The van der Waals surface area contributed by atoms with E-state index >= 15 is 0 Å². The Morgan fingerprint density at radius 3 is 1.93 bits per heavy atom. The Morgan fingerprint density at radius 1 is 1.07 bits per heavy atom. The van der Waals surface area contributed by atoms with Crippen molar-refractivity contribution in [2.45, 2.75) is 44.9 Å². The maximum Gasteiger partial charge on any atom is -0.00605 e. The van der Waals surface area contributed by atoms with Gasteiger partial charge in [-0.1, -0.05) is 12.2 Å². The van der Waals surface area contributed by atoms with E-state index in [9.17, 15) is 0 Å². The molecule has 4 saturated carbocycles. The largest absolute Gasteiger partial charge is 0.179 e. The lowest BCUT2D eigenvalue weighted by atomic mass is 9.48. The highest BCUT2D eigenvalue weighted by Crippen LogP contribution is 2.62. The van der Waals surface area contributed by atoms with Crippen molar-refractivity contribution in [1.29, 1.82) is 0 Å². The van der Waals surface area contributed by atoms with Crippen LogP contribution < -0.4 is 0 Å². The minimum Gasteiger partial charge on any atom is -0.179 e. The van der Waals surface area contributed by atoms with Crippen LogP contribution in [0.1, 0.15) is 44.9 Å². The first-order chi connectivity index (χ1) is 7.22. The molecule has 0 aromatic rings. The molecule has 0 spiro atoms. The zero-order valence-electron chi connectivity index (χ0n) is 9.54. The smallest absolute Gasteiger partial charge is 0.00605 e. The molecule has 4 aliphatic rings. The van der Waals surface area contributed by atoms with Gasteiger partial charge in [-0.15, -0.1) is 0 Å². The number of rotatable bonds is 3. The van der Waals surface area contributed by atoms with Gasteiger partial charge < -0.3 is 0 Å². The van der Waals surface area contributed by atoms with Gasteiger partial charge in [0.1, 0.15) is 0 Å². The van der Waals surface area contributed by atoms with Gasteiger partial charge in [0, 0.05) is 0 Å². The molecular weight excluding hydrogens is 200 g/mol. The molecule has 84 valence electrons. The van der Waals surface area contributed by atoms with Crippen LogP contribution >= 0.6 is 12.6 Å². The topological polar surface area (TPSA) is 0 Å². The second-order valence-corrected chi connectivity index (χ2v) is 6.72. The highest BCUT2D eigenvalue weighted by molar-refractivity contribution is 7.80. The fraction of sp³-hybridized carbons (Fsp3) is 0.857. The average Bonchev–Trinajstić information content (AvgIpc) is 2.15. The molecule has 0 amide bonds. The summed E-state index contributed by atoms with van der Waals surface area (Å²) >= 11 is 4.37. The first-order valence-electron chi connectivity index (χ1n) is 6.51. The Hall–Kier alpha value is 0.0900. The van der Waals surface area contributed by atoms with E-state index in [1.54, 1.807) is 0 Å². The minimum atomic E-state index is 0.567. The Labute approximate surface area is 98.9 Å². The summed E-state index contributed by atoms with van der Waals surface area (Å²) in [5.74, 6) is 4.13. The summed E-state index contributed by atoms with van der Waals surface area (Å²) in [6, 6.07) is 0. The van der Waals surface area contributed by atoms with Crippen LogP contribution in [0.15, 0.2) is 12.2 Å². The van der Waals surface area contributed by atoms with E-state index < -0.39 is 0 Å². The van der Waals surface area contributed by atoms with Crippen molar-refractivity contribution < 1.29 is 0 Å². The minimum absolute atomic E-state index is 0.567. The third kappa shape index (κ3) is 1.58. The predicted octanol–water partition coefficient (Wildman–Crippen LogP) is 4.08. The highest BCUT2D eigenvalue weighted by Gasteiger charge is 2.51. The molecule has 0 unspecified atom stereocenters. The molecule has 0 nitrogen and oxygen atoms in total. The molecule has 0 aromatic heterocycles. The average molecular weight is 222 g/mol. The van der Waals surface area contributed by atoms with E-state index in [4.69, 9.17) is 0 Å². The van der Waals surface area contributed by atoms with E-state index in [1.807, 2.05) is 0 Å². The second-order valence-electron chi connectivity index (χ2n) is 6.28. The van der Waals surface area contributed by atoms with Gasteiger partial charge in [0.05, 0.1) is 0 Å². The van der Waals surface area contributed by atoms with Crippen molar-refractivity contribution in [1.82, 2.24) is 0 Å². The Morgan fingerprint density at radius 2 is 1.53 bits per heavy atom. The maximum atomic E-state index is 4.39. The van der Waals surface area contributed by atoms with Crippen molar-refractivity contribution >= 4 is 12.6 Å². The van der Waals surface area contributed by atoms with E-state index in [-0.39, 0.29) is 0 Å². The van der Waals surface area contributed by atoms with Crippen LogP contribution in [-0.2, 0) is 0 Å². The number of hydrogen-bond acceptors (Lipinski definition) is 1. The zero-order chi connectivity index (χ0) is 10.5. The van der Waals surface area contributed by atoms with Gasteiger partial charge in [-0.3, -0.25) is 0 Å². The Bertz CT molecular complexity index is 244. The quantitative estimate of drug-likeness (QED) is 0.540. The summed E-state index contributed by atoms with van der Waals surface area (Å²) in [4.78, 5) is 0. The molecule has 0 radical (unpaired) electrons. The molecule has 0 N–H and O–H groups in total. The van der Waals surface area contributed by atoms with Gasteiger partial charge >= 0.3 is 0 Å². The van der Waals surface area contributed by atoms with E-state index in [1.165, 1.54) is 44.1 Å². The molecule has 0 heterocycles. The monoisotopic (exact) mass is 222 g/mol. The molecule has 1 heteroatoms. The molecular formula is C14H22S. The molecule has 4 fully saturated rings. The maximum absolute atomic E-state index is 4.39. The molecule has 0 aromatic carbocycles. The standard InChI is InChI=1S/C14H22S/c1-10(2-3-15)14-7-11-4-12(8-14)6-13(5-11)9-14/h11-13,15H,1-9H2. The summed E-state index contributed by atoms with van der Waals surface area (Å²) in [7, 11) is 0. The van der Waals surface area contributed by atoms with Crippen LogP contribution in [0.25, 0.3) is 0 Å². The lowest BCUT2D eigenvalue weighted by Gasteiger charge is -2.57. The van der Waals surface area contributed by atoms with Gasteiger partial charge in [-0.2, -0.15) is 12.6 Å². The molecule has 0 aliphatic heterocycles. The second kappa shape index (κ2) is 3.55. The first-order valence-corrected chi connectivity index (χ1v) is 7.14. The summed E-state index contributed by atoms with van der Waals surface area (Å²) in [6.07, 6.45) is 10.1. The fourth-order valence-corrected chi connectivity index (χ4v) is 5.21. The molecule has 15 heavy (non-hydrogen) atoms. The van der Waals surface area contributed by atoms with Gasteiger partial charge in [0.25, 0.3) is 0 Å². The Balaban J connectivity index is 1.83. The Kier molecular flexibility index (Phi) is 2.43. The summed E-state index contributed by atoms with van der Waals surface area (Å²) in [5, 5.41) is 0. The zero-order valence-corrected chi connectivity index (χ0v) is 10.4. The molecule has 4 aliphatic carbocycles. The van der Waals surface area contributed by atoms with Crippen LogP contribution in [0, 0.1) is 23.2 Å². The van der Waals surface area contributed by atoms with E-state index in [0.29, 0.717) is 5.41 Å². The van der Waals surface area contributed by atoms with Gasteiger partial charge in [0.15, 0.2) is 0 Å². The third-order valence-corrected chi connectivity index (χ3v) is 5.43. The SMILES string of the molecule is C=C(CCS)C12CC3CC(CC(C3)C1)C2. The van der Waals surface area contributed by atoms with Crippen LogP contribution in [0.3, 0.4) is 0 Å². The number of allylic oxidation sites excluding steroid dienone is 1. The van der Waals surface area contributed by atoms with Crippen molar-refractivity contribution in [2.75, 3.05) is 5.75 Å². The molecule has 0 atom stereocenters. The molecule has 4 rings (SSSR count). The van der Waals surface area contributed by atoms with Crippen molar-refractivity contribution in [2.24, 2.45) is 23.2 Å². The van der Waals surface area contributed by atoms with Gasteiger partial charge in [0.2, 0.25) is 0 Å².